The van der Waals surface area contributed by atoms with Crippen LogP contribution in [-0.4, -0.2) is 58.1 Å². The molecule has 2 aromatic rings. The van der Waals surface area contributed by atoms with E-state index >= 15 is 0 Å². The highest BCUT2D eigenvalue weighted by molar-refractivity contribution is 5.73. The normalized spacial score (nSPS) is 20.7. The summed E-state index contributed by atoms with van der Waals surface area (Å²) >= 11 is 0. The summed E-state index contributed by atoms with van der Waals surface area (Å²) in [5.74, 6) is 2.40. The molecular weight excluding hydrogens is 432 g/mol. The fraction of sp³-hybridized carbons (Fsp3) is 0.519. The van der Waals surface area contributed by atoms with Crippen LogP contribution >= 0.6 is 0 Å². The zero-order valence-electron chi connectivity index (χ0n) is 20.4. The number of nitrogens with zero attached hydrogens (tertiary/aromatic N) is 1. The molecule has 7 heteroatoms. The monoisotopic (exact) mass is 468 g/mol. The number of ether oxygens (including phenoxy) is 4. The summed E-state index contributed by atoms with van der Waals surface area (Å²) < 4.78 is 23.5. The first kappa shape index (κ1) is 24.4. The van der Waals surface area contributed by atoms with E-state index in [0.29, 0.717) is 13.2 Å². The summed E-state index contributed by atoms with van der Waals surface area (Å²) in [6.45, 7) is 6.85. The molecule has 2 fully saturated rings. The lowest BCUT2D eigenvalue weighted by atomic mass is 10.1. The van der Waals surface area contributed by atoms with Gasteiger partial charge in [0.05, 0.1) is 32.4 Å². The van der Waals surface area contributed by atoms with E-state index in [1.54, 1.807) is 7.11 Å². The van der Waals surface area contributed by atoms with Gasteiger partial charge in [-0.25, -0.2) is 0 Å². The Kier molecular flexibility index (Phi) is 8.29. The van der Waals surface area contributed by atoms with E-state index in [1.165, 1.54) is 19.8 Å². The van der Waals surface area contributed by atoms with E-state index in [9.17, 15) is 4.79 Å². The first-order valence-electron chi connectivity index (χ1n) is 12.1. The van der Waals surface area contributed by atoms with Crippen molar-refractivity contribution in [1.29, 1.82) is 0 Å². The Morgan fingerprint density at radius 3 is 2.32 bits per heavy atom. The average molecular weight is 469 g/mol. The number of anilines is 1. The second kappa shape index (κ2) is 11.6. The number of hydrogen-bond donors (Lipinski definition) is 1. The number of methoxy groups -OCH3 is 1. The standard InChI is InChI=1S/C27H36N2O5/c1-19(28-20(2)30)22-6-10-25(11-7-22)34-27-17-29(16-26(27)32-15-14-31-3)23-8-12-24(13-9-23)33-18-21-4-5-21/h6-13,19,21,26-27H,4-5,14-18H2,1-3H3,(H,28,30). The molecule has 2 aliphatic rings. The summed E-state index contributed by atoms with van der Waals surface area (Å²) in [6.07, 6.45) is 2.39. The maximum absolute atomic E-state index is 11.3. The summed E-state index contributed by atoms with van der Waals surface area (Å²) in [5.41, 5.74) is 2.16. The number of hydrogen-bond acceptors (Lipinski definition) is 6. The second-order valence-corrected chi connectivity index (χ2v) is 9.20. The van der Waals surface area contributed by atoms with E-state index in [2.05, 4.69) is 22.3 Å². The van der Waals surface area contributed by atoms with Crippen LogP contribution in [0.1, 0.15) is 38.3 Å². The SMILES string of the molecule is COCCOC1CN(c2ccc(OCC3CC3)cc2)CC1Oc1ccc(C(C)NC(C)=O)cc1. The molecule has 1 N–H and O–H groups in total. The zero-order valence-corrected chi connectivity index (χ0v) is 20.4. The molecule has 1 aliphatic heterocycles. The molecule has 0 bridgehead atoms. The number of rotatable bonds is 12. The van der Waals surface area contributed by atoms with Crippen molar-refractivity contribution < 1.29 is 23.7 Å². The van der Waals surface area contributed by atoms with Gasteiger partial charge < -0.3 is 29.2 Å². The molecule has 34 heavy (non-hydrogen) atoms. The van der Waals surface area contributed by atoms with Crippen LogP contribution in [0.25, 0.3) is 0 Å². The van der Waals surface area contributed by atoms with E-state index in [0.717, 1.165) is 48.4 Å². The topological polar surface area (TPSA) is 69.3 Å². The molecule has 3 unspecified atom stereocenters. The summed E-state index contributed by atoms with van der Waals surface area (Å²) in [4.78, 5) is 13.6. The van der Waals surface area contributed by atoms with Crippen LogP contribution in [0.2, 0.25) is 0 Å². The molecule has 0 aromatic heterocycles. The Labute approximate surface area is 202 Å². The molecule has 0 spiro atoms. The van der Waals surface area contributed by atoms with Gasteiger partial charge in [0.25, 0.3) is 0 Å². The van der Waals surface area contributed by atoms with E-state index < -0.39 is 0 Å². The summed E-state index contributed by atoms with van der Waals surface area (Å²) in [7, 11) is 1.68. The minimum atomic E-state index is -0.110. The van der Waals surface area contributed by atoms with Gasteiger partial charge in [-0.2, -0.15) is 0 Å². The number of amides is 1. The third-order valence-corrected chi connectivity index (χ3v) is 6.31. The van der Waals surface area contributed by atoms with Gasteiger partial charge in [0.2, 0.25) is 5.91 Å². The Hall–Kier alpha value is -2.77. The number of carbonyl (C=O) groups excluding carboxylic acids is 1. The minimum absolute atomic E-state index is 0.0440. The van der Waals surface area contributed by atoms with Crippen LogP contribution < -0.4 is 19.7 Å². The zero-order chi connectivity index (χ0) is 23.9. The van der Waals surface area contributed by atoms with E-state index in [4.69, 9.17) is 18.9 Å². The molecule has 1 aliphatic carbocycles. The molecule has 7 nitrogen and oxygen atoms in total. The molecule has 4 rings (SSSR count). The Morgan fingerprint density at radius 1 is 1.00 bits per heavy atom. The Bertz CT molecular complexity index is 914. The van der Waals surface area contributed by atoms with Crippen LogP contribution in [0.15, 0.2) is 48.5 Å². The fourth-order valence-electron chi connectivity index (χ4n) is 4.16. The lowest BCUT2D eigenvalue weighted by Gasteiger charge is -2.21. The van der Waals surface area contributed by atoms with Crippen LogP contribution in [0.5, 0.6) is 11.5 Å². The molecule has 1 amide bonds. The summed E-state index contributed by atoms with van der Waals surface area (Å²) in [6, 6.07) is 16.1. The van der Waals surface area contributed by atoms with Crippen molar-refractivity contribution in [3.63, 3.8) is 0 Å². The number of benzene rings is 2. The second-order valence-electron chi connectivity index (χ2n) is 9.20. The van der Waals surface area contributed by atoms with Gasteiger partial charge in [-0.15, -0.1) is 0 Å². The van der Waals surface area contributed by atoms with Gasteiger partial charge in [0.15, 0.2) is 0 Å². The van der Waals surface area contributed by atoms with Gasteiger partial charge in [0.1, 0.15) is 23.7 Å². The minimum Gasteiger partial charge on any atom is -0.493 e. The van der Waals surface area contributed by atoms with Crippen LogP contribution in [0.4, 0.5) is 5.69 Å². The highest BCUT2D eigenvalue weighted by Gasteiger charge is 2.35. The highest BCUT2D eigenvalue weighted by atomic mass is 16.6. The Balaban J connectivity index is 1.38. The Morgan fingerprint density at radius 2 is 1.68 bits per heavy atom. The molecule has 2 aromatic carbocycles. The van der Waals surface area contributed by atoms with Gasteiger partial charge >= 0.3 is 0 Å². The molecule has 0 radical (unpaired) electrons. The quantitative estimate of drug-likeness (QED) is 0.476. The van der Waals surface area contributed by atoms with Crippen molar-refractivity contribution in [3.8, 4) is 11.5 Å². The third kappa shape index (κ3) is 6.87. The van der Waals surface area contributed by atoms with Crippen LogP contribution in [0.3, 0.4) is 0 Å². The van der Waals surface area contributed by atoms with Gasteiger partial charge in [-0.3, -0.25) is 4.79 Å². The van der Waals surface area contributed by atoms with Gasteiger partial charge in [-0.1, -0.05) is 12.1 Å². The van der Waals surface area contributed by atoms with E-state index in [-0.39, 0.29) is 24.2 Å². The fourth-order valence-corrected chi connectivity index (χ4v) is 4.16. The molecule has 1 saturated carbocycles. The van der Waals surface area contributed by atoms with Crippen molar-refractivity contribution in [3.05, 3.63) is 54.1 Å². The molecule has 1 saturated heterocycles. The molecule has 1 heterocycles. The maximum Gasteiger partial charge on any atom is 0.217 e. The maximum atomic E-state index is 11.3. The highest BCUT2D eigenvalue weighted by Crippen LogP contribution is 2.31. The summed E-state index contributed by atoms with van der Waals surface area (Å²) in [5, 5.41) is 2.90. The number of carbonyl (C=O) groups is 1. The lowest BCUT2D eigenvalue weighted by molar-refractivity contribution is -0.119. The van der Waals surface area contributed by atoms with Crippen molar-refractivity contribution in [1.82, 2.24) is 5.32 Å². The lowest BCUT2D eigenvalue weighted by Crippen LogP contribution is -2.33. The van der Waals surface area contributed by atoms with Gasteiger partial charge in [0, 0.05) is 26.3 Å². The van der Waals surface area contributed by atoms with Gasteiger partial charge in [-0.05, 0) is 67.6 Å². The molecule has 3 atom stereocenters. The largest absolute Gasteiger partial charge is 0.493 e. The predicted octanol–water partition coefficient (Wildman–Crippen LogP) is 3.97. The van der Waals surface area contributed by atoms with Crippen molar-refractivity contribution in [2.75, 3.05) is 44.9 Å². The van der Waals surface area contributed by atoms with E-state index in [1.807, 2.05) is 43.3 Å². The number of nitrogens with one attached hydrogen (secondary N) is 1. The molecular formula is C27H36N2O5. The predicted molar refractivity (Wildman–Crippen MR) is 132 cm³/mol. The van der Waals surface area contributed by atoms with Crippen LogP contribution in [-0.2, 0) is 14.3 Å². The third-order valence-electron chi connectivity index (χ3n) is 6.31. The van der Waals surface area contributed by atoms with Crippen molar-refractivity contribution in [2.45, 2.75) is 44.9 Å². The molecule has 184 valence electrons. The first-order chi connectivity index (χ1) is 16.5. The first-order valence-corrected chi connectivity index (χ1v) is 12.1. The smallest absolute Gasteiger partial charge is 0.217 e. The van der Waals surface area contributed by atoms with Crippen molar-refractivity contribution >= 4 is 11.6 Å². The average Bonchev–Trinajstić information content (AvgIpc) is 3.58. The van der Waals surface area contributed by atoms with Crippen LogP contribution in [0, 0.1) is 5.92 Å². The van der Waals surface area contributed by atoms with Crippen molar-refractivity contribution in [2.24, 2.45) is 5.92 Å².